The third-order valence-corrected chi connectivity index (χ3v) is 3.88. The molecule has 120 valence electrons. The Morgan fingerprint density at radius 1 is 1.17 bits per heavy atom. The Morgan fingerprint density at radius 3 is 2.52 bits per heavy atom. The van der Waals surface area contributed by atoms with Crippen LogP contribution in [-0.4, -0.2) is 33.7 Å². The Kier molecular flexibility index (Phi) is 3.77. The molecule has 3 aromatic rings. The van der Waals surface area contributed by atoms with E-state index in [0.29, 0.717) is 29.5 Å². The molecule has 7 heteroatoms. The first-order chi connectivity index (χ1) is 11.0. The van der Waals surface area contributed by atoms with Crippen LogP contribution >= 0.6 is 0 Å². The molecular weight excluding hydrogens is 292 g/mol. The molecule has 0 saturated heterocycles. The second-order valence-electron chi connectivity index (χ2n) is 5.75. The Morgan fingerprint density at radius 2 is 1.87 bits per heavy atom. The van der Waals surface area contributed by atoms with Gasteiger partial charge >= 0.3 is 0 Å². The summed E-state index contributed by atoms with van der Waals surface area (Å²) in [5, 5.41) is 6.13. The predicted molar refractivity (Wildman–Crippen MR) is 91.2 cm³/mol. The Bertz CT molecular complexity index is 891. The van der Waals surface area contributed by atoms with Crippen molar-refractivity contribution in [2.45, 2.75) is 20.4 Å². The molecule has 2 N–H and O–H groups in total. The maximum absolute atomic E-state index is 12.2. The molecule has 0 aliphatic heterocycles. The third kappa shape index (κ3) is 2.90. The Balaban J connectivity index is 1.79. The monoisotopic (exact) mass is 312 g/mol. The maximum atomic E-state index is 12.2. The molecule has 0 radical (unpaired) electrons. The SMILES string of the molecule is Cc1nc2nc(NCc3ccc(N(C)C)cc3)[nH]n2c(=O)c1C. The number of aryl methyl sites for hydroxylation is 1. The van der Waals surface area contributed by atoms with Gasteiger partial charge in [-0.2, -0.15) is 9.50 Å². The summed E-state index contributed by atoms with van der Waals surface area (Å²) < 4.78 is 1.36. The number of fused-ring (bicyclic) bond motifs is 1. The van der Waals surface area contributed by atoms with Crippen LogP contribution in [0.2, 0.25) is 0 Å². The van der Waals surface area contributed by atoms with Gasteiger partial charge in [-0.15, -0.1) is 0 Å². The molecule has 0 fully saturated rings. The van der Waals surface area contributed by atoms with Crippen LogP contribution in [0.1, 0.15) is 16.8 Å². The summed E-state index contributed by atoms with van der Waals surface area (Å²) in [5.74, 6) is 0.903. The molecule has 0 amide bonds. The highest BCUT2D eigenvalue weighted by molar-refractivity contribution is 5.46. The zero-order valence-corrected chi connectivity index (χ0v) is 13.7. The molecule has 7 nitrogen and oxygen atoms in total. The second kappa shape index (κ2) is 5.75. The molecule has 0 spiro atoms. The van der Waals surface area contributed by atoms with Crippen molar-refractivity contribution in [1.29, 1.82) is 0 Å². The van der Waals surface area contributed by atoms with Crippen LogP contribution in [-0.2, 0) is 6.54 Å². The van der Waals surface area contributed by atoms with Crippen LogP contribution in [0.4, 0.5) is 11.6 Å². The normalized spacial score (nSPS) is 11.0. The molecule has 0 atom stereocenters. The van der Waals surface area contributed by atoms with E-state index in [2.05, 4.69) is 49.5 Å². The first-order valence-corrected chi connectivity index (χ1v) is 7.42. The Hall–Kier alpha value is -2.83. The van der Waals surface area contributed by atoms with Crippen LogP contribution < -0.4 is 15.8 Å². The number of hydrogen-bond donors (Lipinski definition) is 2. The average Bonchev–Trinajstić information content (AvgIpc) is 2.94. The first-order valence-electron chi connectivity index (χ1n) is 7.42. The van der Waals surface area contributed by atoms with Gasteiger partial charge < -0.3 is 10.2 Å². The zero-order valence-electron chi connectivity index (χ0n) is 13.7. The summed E-state index contributed by atoms with van der Waals surface area (Å²) in [6.45, 7) is 4.18. The van der Waals surface area contributed by atoms with E-state index in [-0.39, 0.29) is 5.56 Å². The van der Waals surface area contributed by atoms with E-state index < -0.39 is 0 Å². The van der Waals surface area contributed by atoms with Crippen LogP contribution in [0.5, 0.6) is 0 Å². The number of nitrogens with zero attached hydrogens (tertiary/aromatic N) is 4. The van der Waals surface area contributed by atoms with Gasteiger partial charge in [0.15, 0.2) is 0 Å². The number of rotatable bonds is 4. The molecular formula is C16H20N6O. The van der Waals surface area contributed by atoms with Crippen molar-refractivity contribution in [2.75, 3.05) is 24.3 Å². The van der Waals surface area contributed by atoms with Crippen molar-refractivity contribution in [3.63, 3.8) is 0 Å². The fourth-order valence-electron chi connectivity index (χ4n) is 2.28. The van der Waals surface area contributed by atoms with E-state index in [4.69, 9.17) is 0 Å². The van der Waals surface area contributed by atoms with Gasteiger partial charge in [-0.05, 0) is 31.5 Å². The van der Waals surface area contributed by atoms with Crippen molar-refractivity contribution < 1.29 is 0 Å². The molecule has 1 aromatic carbocycles. The fourth-order valence-corrected chi connectivity index (χ4v) is 2.28. The van der Waals surface area contributed by atoms with E-state index in [0.717, 1.165) is 11.3 Å². The van der Waals surface area contributed by atoms with Gasteiger partial charge in [0.05, 0.1) is 0 Å². The van der Waals surface area contributed by atoms with Crippen LogP contribution in [0.25, 0.3) is 5.78 Å². The van der Waals surface area contributed by atoms with Gasteiger partial charge in [0.1, 0.15) is 0 Å². The number of H-pyrrole nitrogens is 1. The van der Waals surface area contributed by atoms with Crippen LogP contribution in [0, 0.1) is 13.8 Å². The summed E-state index contributed by atoms with van der Waals surface area (Å²) in [4.78, 5) is 22.8. The number of nitrogens with one attached hydrogen (secondary N) is 2. The fraction of sp³-hybridized carbons (Fsp3) is 0.312. The van der Waals surface area contributed by atoms with Gasteiger partial charge in [-0.1, -0.05) is 12.1 Å². The smallest absolute Gasteiger partial charge is 0.277 e. The minimum atomic E-state index is -0.122. The van der Waals surface area contributed by atoms with Crippen molar-refractivity contribution in [3.05, 3.63) is 51.4 Å². The van der Waals surface area contributed by atoms with Gasteiger partial charge in [-0.3, -0.25) is 9.89 Å². The molecule has 2 heterocycles. The quantitative estimate of drug-likeness (QED) is 0.767. The van der Waals surface area contributed by atoms with Gasteiger partial charge in [0.25, 0.3) is 11.3 Å². The number of aromatic amines is 1. The van der Waals surface area contributed by atoms with Gasteiger partial charge in [0, 0.05) is 37.6 Å². The van der Waals surface area contributed by atoms with Crippen molar-refractivity contribution in [3.8, 4) is 0 Å². The van der Waals surface area contributed by atoms with Crippen molar-refractivity contribution in [1.82, 2.24) is 19.6 Å². The Labute approximate surface area is 134 Å². The molecule has 2 aromatic heterocycles. The van der Waals surface area contributed by atoms with E-state index >= 15 is 0 Å². The summed E-state index contributed by atoms with van der Waals surface area (Å²) in [5.41, 5.74) is 3.48. The van der Waals surface area contributed by atoms with Crippen LogP contribution in [0.3, 0.4) is 0 Å². The minimum absolute atomic E-state index is 0.122. The zero-order chi connectivity index (χ0) is 16.6. The number of benzene rings is 1. The lowest BCUT2D eigenvalue weighted by Crippen LogP contribution is -2.19. The predicted octanol–water partition coefficient (Wildman–Crippen LogP) is 1.71. The van der Waals surface area contributed by atoms with Gasteiger partial charge in [0.2, 0.25) is 5.95 Å². The third-order valence-electron chi connectivity index (χ3n) is 3.88. The molecule has 0 saturated carbocycles. The standard InChI is InChI=1S/C16H20N6O/c1-10-11(2)18-16-19-15(20-22(16)14(10)23)17-9-12-5-7-13(8-6-12)21(3)4/h5-8H,9H2,1-4H3,(H2,17,18,19,20). The summed E-state index contributed by atoms with van der Waals surface area (Å²) in [6, 6.07) is 8.25. The summed E-state index contributed by atoms with van der Waals surface area (Å²) >= 11 is 0. The lowest BCUT2D eigenvalue weighted by Gasteiger charge is -2.12. The van der Waals surface area contributed by atoms with Crippen LogP contribution in [0.15, 0.2) is 29.1 Å². The number of hydrogen-bond acceptors (Lipinski definition) is 5. The second-order valence-corrected chi connectivity index (χ2v) is 5.75. The maximum Gasteiger partial charge on any atom is 0.277 e. The molecule has 0 bridgehead atoms. The first kappa shape index (κ1) is 15.1. The molecule has 0 aliphatic carbocycles. The highest BCUT2D eigenvalue weighted by Gasteiger charge is 2.09. The van der Waals surface area contributed by atoms with E-state index in [1.165, 1.54) is 4.52 Å². The van der Waals surface area contributed by atoms with E-state index in [9.17, 15) is 4.79 Å². The van der Waals surface area contributed by atoms with Gasteiger partial charge in [-0.25, -0.2) is 4.98 Å². The average molecular weight is 312 g/mol. The molecule has 23 heavy (non-hydrogen) atoms. The number of aromatic nitrogens is 4. The molecule has 3 rings (SSSR count). The van der Waals surface area contributed by atoms with E-state index in [1.54, 1.807) is 6.92 Å². The molecule has 0 unspecified atom stereocenters. The van der Waals surface area contributed by atoms with Crippen molar-refractivity contribution >= 4 is 17.4 Å². The topological polar surface area (TPSA) is 78.3 Å². The minimum Gasteiger partial charge on any atom is -0.378 e. The number of anilines is 2. The lowest BCUT2D eigenvalue weighted by molar-refractivity contribution is 0.870. The lowest BCUT2D eigenvalue weighted by atomic mass is 10.2. The summed E-state index contributed by atoms with van der Waals surface area (Å²) in [6.07, 6.45) is 0. The summed E-state index contributed by atoms with van der Waals surface area (Å²) in [7, 11) is 4.02. The van der Waals surface area contributed by atoms with Crippen molar-refractivity contribution in [2.24, 2.45) is 0 Å². The highest BCUT2D eigenvalue weighted by atomic mass is 16.1. The van der Waals surface area contributed by atoms with E-state index in [1.807, 2.05) is 21.0 Å². The highest BCUT2D eigenvalue weighted by Crippen LogP contribution is 2.13. The molecule has 0 aliphatic rings. The largest absolute Gasteiger partial charge is 0.378 e.